The molecule has 5 fully saturated rings. The fourth-order valence-corrected chi connectivity index (χ4v) is 6.92. The number of hydrogen-bond donors (Lipinski definition) is 0. The zero-order valence-electron chi connectivity index (χ0n) is 19.2. The van der Waals surface area contributed by atoms with Crippen molar-refractivity contribution in [3.63, 3.8) is 0 Å². The van der Waals surface area contributed by atoms with Gasteiger partial charge in [0, 0.05) is 35.0 Å². The Labute approximate surface area is 188 Å². The molecule has 0 spiro atoms. The van der Waals surface area contributed by atoms with Gasteiger partial charge in [0.05, 0.1) is 41.4 Å². The van der Waals surface area contributed by atoms with Crippen molar-refractivity contribution >= 4 is 11.0 Å². The summed E-state index contributed by atoms with van der Waals surface area (Å²) >= 11 is 0. The highest BCUT2D eigenvalue weighted by atomic mass is 16.5. The number of aryl methyl sites for hydroxylation is 1. The van der Waals surface area contributed by atoms with E-state index in [0.717, 1.165) is 29.6 Å². The monoisotopic (exact) mass is 429 g/mol. The smallest absolute Gasteiger partial charge is 0.111 e. The van der Waals surface area contributed by atoms with E-state index in [0.29, 0.717) is 17.4 Å². The summed E-state index contributed by atoms with van der Waals surface area (Å²) in [4.78, 5) is 15.0. The van der Waals surface area contributed by atoms with Gasteiger partial charge in [-0.25, -0.2) is 4.98 Å². The van der Waals surface area contributed by atoms with Crippen molar-refractivity contribution in [3.05, 3.63) is 47.3 Å². The molecule has 4 saturated carbocycles. The number of hydrogen-bond acceptors (Lipinski definition) is 5. The van der Waals surface area contributed by atoms with Gasteiger partial charge in [0.15, 0.2) is 0 Å². The second-order valence-corrected chi connectivity index (χ2v) is 11.5. The third kappa shape index (κ3) is 2.88. The van der Waals surface area contributed by atoms with Gasteiger partial charge in [-0.3, -0.25) is 14.6 Å². The number of fused-ring (bicyclic) bond motifs is 1. The summed E-state index contributed by atoms with van der Waals surface area (Å²) < 4.78 is 8.51. The van der Waals surface area contributed by atoms with Gasteiger partial charge in [-0.1, -0.05) is 6.92 Å². The van der Waals surface area contributed by atoms with Crippen LogP contribution in [0.25, 0.3) is 11.0 Å². The molecule has 6 heteroatoms. The average Bonchev–Trinajstić information content (AvgIpc) is 3.45. The maximum absolute atomic E-state index is 6.39. The predicted octanol–water partition coefficient (Wildman–Crippen LogP) is 5.33. The first-order chi connectivity index (χ1) is 15.4. The van der Waals surface area contributed by atoms with Crippen LogP contribution in [0.5, 0.6) is 0 Å². The van der Waals surface area contributed by atoms with Crippen LogP contribution in [0.2, 0.25) is 0 Å². The summed E-state index contributed by atoms with van der Waals surface area (Å²) in [5, 5.41) is 4.61. The first-order valence-corrected chi connectivity index (χ1v) is 12.2. The molecule has 166 valence electrons. The van der Waals surface area contributed by atoms with Crippen LogP contribution in [0.3, 0.4) is 0 Å². The van der Waals surface area contributed by atoms with E-state index in [-0.39, 0.29) is 17.6 Å². The summed E-state index contributed by atoms with van der Waals surface area (Å²) in [5.74, 6) is 0.362. The van der Waals surface area contributed by atoms with Crippen LogP contribution in [0.15, 0.2) is 24.7 Å². The third-order valence-corrected chi connectivity index (χ3v) is 8.31. The van der Waals surface area contributed by atoms with Crippen LogP contribution in [0.4, 0.5) is 0 Å². The van der Waals surface area contributed by atoms with Crippen LogP contribution in [0.1, 0.15) is 99.5 Å². The Balaban J connectivity index is 1.26. The van der Waals surface area contributed by atoms with Crippen molar-refractivity contribution in [2.75, 3.05) is 0 Å². The molecule has 0 unspecified atom stereocenters. The molecule has 1 saturated heterocycles. The van der Waals surface area contributed by atoms with Crippen molar-refractivity contribution < 1.29 is 4.74 Å². The molecule has 0 N–H and O–H groups in total. The molecule has 5 aliphatic rings. The molecular formula is C26H31N5O. The first kappa shape index (κ1) is 19.2. The lowest BCUT2D eigenvalue weighted by atomic mass is 9.35. The highest BCUT2D eigenvalue weighted by Gasteiger charge is 2.67. The molecular weight excluding hydrogens is 398 g/mol. The lowest BCUT2D eigenvalue weighted by Gasteiger charge is -2.69. The predicted molar refractivity (Wildman–Crippen MR) is 121 cm³/mol. The standard InChI is InChI=1S/C26H31N5O/c1-15-9-27-23-21(29-15)8-20(30-24(23)26-12-25(3,13-26)14-26)17-6-16(2)32-22(7-17)18-10-28-31(11-18)19-4-5-19/h8-11,16-17,19,22H,4-7,12-14H2,1-3H3/t16-,17+,22+,25?,26?/m1/s1. The van der Waals surface area contributed by atoms with Crippen LogP contribution < -0.4 is 0 Å². The van der Waals surface area contributed by atoms with Crippen LogP contribution >= 0.6 is 0 Å². The van der Waals surface area contributed by atoms with Crippen LogP contribution in [0, 0.1) is 12.3 Å². The lowest BCUT2D eigenvalue weighted by molar-refractivity contribution is -0.127. The Morgan fingerprint density at radius 2 is 1.91 bits per heavy atom. The van der Waals surface area contributed by atoms with Gasteiger partial charge in [0.1, 0.15) is 5.52 Å². The van der Waals surface area contributed by atoms with E-state index in [2.05, 4.69) is 35.9 Å². The summed E-state index contributed by atoms with van der Waals surface area (Å²) in [6, 6.07) is 2.81. The number of nitrogens with zero attached hydrogens (tertiary/aromatic N) is 5. The number of aromatic nitrogens is 5. The molecule has 6 nitrogen and oxygen atoms in total. The molecule has 4 aliphatic carbocycles. The Morgan fingerprint density at radius 3 is 2.66 bits per heavy atom. The Kier molecular flexibility index (Phi) is 3.82. The van der Waals surface area contributed by atoms with Gasteiger partial charge in [-0.05, 0) is 70.3 Å². The summed E-state index contributed by atoms with van der Waals surface area (Å²) in [6.45, 7) is 6.62. The highest BCUT2D eigenvalue weighted by Crippen LogP contribution is 2.73. The Bertz CT molecular complexity index is 1210. The molecule has 3 atom stereocenters. The van der Waals surface area contributed by atoms with Crippen molar-refractivity contribution in [1.29, 1.82) is 0 Å². The molecule has 3 aromatic rings. The van der Waals surface area contributed by atoms with Crippen molar-refractivity contribution in [2.45, 2.75) is 95.3 Å². The van der Waals surface area contributed by atoms with Crippen LogP contribution in [-0.2, 0) is 10.2 Å². The number of pyridine rings is 1. The van der Waals surface area contributed by atoms with E-state index in [4.69, 9.17) is 19.7 Å². The van der Waals surface area contributed by atoms with E-state index in [1.54, 1.807) is 0 Å². The fraction of sp³-hybridized carbons (Fsp3) is 0.615. The van der Waals surface area contributed by atoms with Gasteiger partial charge in [-0.2, -0.15) is 5.10 Å². The van der Waals surface area contributed by atoms with Gasteiger partial charge in [0.25, 0.3) is 0 Å². The third-order valence-electron chi connectivity index (χ3n) is 8.31. The minimum Gasteiger partial charge on any atom is -0.370 e. The highest BCUT2D eigenvalue weighted by molar-refractivity contribution is 5.79. The Hall–Kier alpha value is -2.34. The number of rotatable bonds is 4. The quantitative estimate of drug-likeness (QED) is 0.561. The molecule has 32 heavy (non-hydrogen) atoms. The molecule has 0 amide bonds. The van der Waals surface area contributed by atoms with Crippen molar-refractivity contribution in [1.82, 2.24) is 24.7 Å². The van der Waals surface area contributed by atoms with Gasteiger partial charge < -0.3 is 4.74 Å². The van der Waals surface area contributed by atoms with Gasteiger partial charge in [-0.15, -0.1) is 0 Å². The summed E-state index contributed by atoms with van der Waals surface area (Å²) in [5.41, 5.74) is 7.35. The Morgan fingerprint density at radius 1 is 1.09 bits per heavy atom. The van der Waals surface area contributed by atoms with E-state index in [1.165, 1.54) is 49.1 Å². The SMILES string of the molecule is Cc1cnc2c(C34CC(C)(C3)C4)nc([C@H]3C[C@@H](C)O[C@H](c4cnn(C5CC5)c4)C3)cc2n1. The van der Waals surface area contributed by atoms with Gasteiger partial charge in [0.2, 0.25) is 0 Å². The molecule has 2 bridgehead atoms. The molecule has 8 rings (SSSR count). The average molecular weight is 430 g/mol. The van der Waals surface area contributed by atoms with Gasteiger partial charge >= 0.3 is 0 Å². The molecule has 0 radical (unpaired) electrons. The van der Waals surface area contributed by atoms with Crippen molar-refractivity contribution in [2.24, 2.45) is 5.41 Å². The molecule has 0 aromatic carbocycles. The van der Waals surface area contributed by atoms with E-state index < -0.39 is 0 Å². The summed E-state index contributed by atoms with van der Waals surface area (Å²) in [6.07, 6.45) is 14.5. The minimum atomic E-state index is 0.0784. The topological polar surface area (TPSA) is 65.7 Å². The van der Waals surface area contributed by atoms with Crippen molar-refractivity contribution in [3.8, 4) is 0 Å². The molecule has 3 aromatic heterocycles. The first-order valence-electron chi connectivity index (χ1n) is 12.2. The van der Waals surface area contributed by atoms with E-state index in [9.17, 15) is 0 Å². The van der Waals surface area contributed by atoms with E-state index in [1.807, 2.05) is 19.3 Å². The second kappa shape index (κ2) is 6.37. The largest absolute Gasteiger partial charge is 0.370 e. The fourth-order valence-electron chi connectivity index (χ4n) is 6.92. The lowest BCUT2D eigenvalue weighted by Crippen LogP contribution is -2.63. The summed E-state index contributed by atoms with van der Waals surface area (Å²) in [7, 11) is 0. The van der Waals surface area contributed by atoms with E-state index >= 15 is 0 Å². The zero-order valence-corrected chi connectivity index (χ0v) is 19.2. The normalized spacial score (nSPS) is 36.0. The maximum Gasteiger partial charge on any atom is 0.111 e. The molecule has 4 heterocycles. The minimum absolute atomic E-state index is 0.0784. The maximum atomic E-state index is 6.39. The van der Waals surface area contributed by atoms with Crippen LogP contribution in [-0.4, -0.2) is 30.8 Å². The second-order valence-electron chi connectivity index (χ2n) is 11.5. The number of ether oxygens (including phenoxy) is 1. The zero-order chi connectivity index (χ0) is 21.7. The molecule has 1 aliphatic heterocycles.